The monoisotopic (exact) mass is 540 g/mol. The van der Waals surface area contributed by atoms with Crippen molar-refractivity contribution in [3.63, 3.8) is 0 Å². The molecule has 2 bridgehead atoms. The Morgan fingerprint density at radius 1 is 0.949 bits per heavy atom. The predicted molar refractivity (Wildman–Crippen MR) is 142 cm³/mol. The summed E-state index contributed by atoms with van der Waals surface area (Å²) in [5.74, 6) is -1.29. The minimum atomic E-state index is -1.65. The van der Waals surface area contributed by atoms with E-state index < -0.39 is 58.5 Å². The summed E-state index contributed by atoms with van der Waals surface area (Å²) in [7, 11) is 0. The van der Waals surface area contributed by atoms with Crippen LogP contribution >= 0.6 is 0 Å². The van der Waals surface area contributed by atoms with Crippen molar-refractivity contribution in [2.24, 2.45) is 11.3 Å². The third kappa shape index (κ3) is 4.42. The van der Waals surface area contributed by atoms with E-state index in [-0.39, 0.29) is 26.2 Å². The molecule has 2 aromatic rings. The highest BCUT2D eigenvalue weighted by Gasteiger charge is 2.84. The van der Waals surface area contributed by atoms with Crippen molar-refractivity contribution >= 4 is 5.97 Å². The van der Waals surface area contributed by atoms with Crippen molar-refractivity contribution in [3.8, 4) is 0 Å². The molecular formula is C31H40O8. The standard InChI is InChI=1S/C31H40O8/c1-20(32)38-19-30-23(36-17-21-11-7-5-8-12-21)15-16-29(4,35)31(30)26(34)24(28(2,3)39-31)25(33)27(30)37-18-22-13-9-6-10-14-22/h5-14,23-27,33-35H,15-19H2,1-4H3. The van der Waals surface area contributed by atoms with Gasteiger partial charge in [0.1, 0.15) is 12.2 Å². The molecule has 0 aromatic heterocycles. The molecular weight excluding hydrogens is 500 g/mol. The first kappa shape index (κ1) is 28.2. The summed E-state index contributed by atoms with van der Waals surface area (Å²) < 4.78 is 25.6. The summed E-state index contributed by atoms with van der Waals surface area (Å²) in [6.07, 6.45) is -3.48. The topological polar surface area (TPSA) is 115 Å². The van der Waals surface area contributed by atoms with Crippen LogP contribution in [0.3, 0.4) is 0 Å². The van der Waals surface area contributed by atoms with Crippen LogP contribution in [0.4, 0.5) is 0 Å². The van der Waals surface area contributed by atoms with E-state index in [4.69, 9.17) is 18.9 Å². The average Bonchev–Trinajstić information content (AvgIpc) is 3.08. The lowest BCUT2D eigenvalue weighted by molar-refractivity contribution is -0.359. The van der Waals surface area contributed by atoms with E-state index in [1.54, 1.807) is 20.8 Å². The maximum absolute atomic E-state index is 12.3. The molecule has 0 radical (unpaired) electrons. The molecule has 0 amide bonds. The Kier molecular flexibility index (Phi) is 7.41. The second kappa shape index (κ2) is 10.3. The van der Waals surface area contributed by atoms with Crippen LogP contribution < -0.4 is 0 Å². The van der Waals surface area contributed by atoms with Crippen LogP contribution in [-0.4, -0.2) is 69.1 Å². The number of hydrogen-bond acceptors (Lipinski definition) is 8. The van der Waals surface area contributed by atoms with Crippen LogP contribution in [0.25, 0.3) is 0 Å². The molecule has 212 valence electrons. The number of aliphatic hydroxyl groups excluding tert-OH is 2. The van der Waals surface area contributed by atoms with Gasteiger partial charge in [-0.1, -0.05) is 60.7 Å². The number of fused-ring (bicyclic) bond motifs is 1. The molecule has 2 aromatic carbocycles. The molecule has 1 saturated heterocycles. The van der Waals surface area contributed by atoms with Crippen LogP contribution in [0.2, 0.25) is 0 Å². The summed E-state index contributed by atoms with van der Waals surface area (Å²) in [6, 6.07) is 19.2. The first-order chi connectivity index (χ1) is 18.5. The molecule has 8 unspecified atom stereocenters. The van der Waals surface area contributed by atoms with E-state index in [9.17, 15) is 20.1 Å². The van der Waals surface area contributed by atoms with Crippen LogP contribution in [0.1, 0.15) is 51.7 Å². The first-order valence-corrected chi connectivity index (χ1v) is 13.7. The Bertz CT molecular complexity index is 1150. The molecule has 2 aliphatic carbocycles. The smallest absolute Gasteiger partial charge is 0.302 e. The zero-order chi connectivity index (χ0) is 28.1. The molecule has 8 heteroatoms. The van der Waals surface area contributed by atoms with Crippen molar-refractivity contribution in [2.45, 2.75) is 95.0 Å². The van der Waals surface area contributed by atoms with Crippen molar-refractivity contribution in [1.82, 2.24) is 0 Å². The molecule has 8 nitrogen and oxygen atoms in total. The minimum absolute atomic E-state index is 0.164. The van der Waals surface area contributed by atoms with Crippen LogP contribution in [0.15, 0.2) is 60.7 Å². The number of hydrogen-bond donors (Lipinski definition) is 3. The summed E-state index contributed by atoms with van der Waals surface area (Å²) in [5.41, 5.74) is -3.81. The SMILES string of the molecule is CC(=O)OCC12C(OCc3ccccc3)CCC(C)(O)C13OC(C)(C)C(C(O)C2OCc1ccccc1)C3O. The highest BCUT2D eigenvalue weighted by molar-refractivity contribution is 5.66. The largest absolute Gasteiger partial charge is 0.465 e. The Hall–Kier alpha value is -2.33. The highest BCUT2D eigenvalue weighted by Crippen LogP contribution is 2.68. The van der Waals surface area contributed by atoms with Crippen molar-refractivity contribution in [1.29, 1.82) is 0 Å². The molecule has 1 aliphatic heterocycles. The van der Waals surface area contributed by atoms with Gasteiger partial charge in [-0.3, -0.25) is 4.79 Å². The van der Waals surface area contributed by atoms with E-state index in [2.05, 4.69) is 0 Å². The van der Waals surface area contributed by atoms with Gasteiger partial charge < -0.3 is 34.3 Å². The number of carbonyl (C=O) groups excluding carboxylic acids is 1. The molecule has 8 atom stereocenters. The molecule has 3 aliphatic rings. The van der Waals surface area contributed by atoms with Gasteiger partial charge in [0.25, 0.3) is 0 Å². The van der Waals surface area contributed by atoms with Gasteiger partial charge in [0.2, 0.25) is 0 Å². The number of aliphatic hydroxyl groups is 3. The molecule has 39 heavy (non-hydrogen) atoms. The minimum Gasteiger partial charge on any atom is -0.465 e. The third-order valence-electron chi connectivity index (χ3n) is 9.21. The number of rotatable bonds is 8. The van der Waals surface area contributed by atoms with E-state index in [1.165, 1.54) is 6.92 Å². The van der Waals surface area contributed by atoms with Crippen molar-refractivity contribution < 1.29 is 39.1 Å². The lowest BCUT2D eigenvalue weighted by Crippen LogP contribution is -2.82. The normalized spacial score (nSPS) is 38.7. The Morgan fingerprint density at radius 3 is 2.08 bits per heavy atom. The van der Waals surface area contributed by atoms with Gasteiger partial charge in [0.05, 0.1) is 54.2 Å². The second-order valence-electron chi connectivity index (χ2n) is 12.0. The fourth-order valence-electron chi connectivity index (χ4n) is 7.57. The number of benzene rings is 2. The zero-order valence-electron chi connectivity index (χ0n) is 23.1. The maximum atomic E-state index is 12.3. The predicted octanol–water partition coefficient (Wildman–Crippen LogP) is 3.15. The molecule has 1 heterocycles. The summed E-state index contributed by atoms with van der Waals surface area (Å²) >= 11 is 0. The fourth-order valence-corrected chi connectivity index (χ4v) is 7.57. The maximum Gasteiger partial charge on any atom is 0.302 e. The Morgan fingerprint density at radius 2 is 1.51 bits per heavy atom. The highest BCUT2D eigenvalue weighted by atomic mass is 16.6. The number of carbonyl (C=O) groups is 1. The van der Waals surface area contributed by atoms with Gasteiger partial charge in [-0.15, -0.1) is 0 Å². The molecule has 3 N–H and O–H groups in total. The Labute approximate surface area is 229 Å². The molecule has 2 saturated carbocycles. The van der Waals surface area contributed by atoms with Gasteiger partial charge in [0, 0.05) is 12.8 Å². The van der Waals surface area contributed by atoms with Crippen molar-refractivity contribution in [2.75, 3.05) is 6.61 Å². The van der Waals surface area contributed by atoms with E-state index >= 15 is 0 Å². The lowest BCUT2D eigenvalue weighted by atomic mass is 9.46. The van der Waals surface area contributed by atoms with Gasteiger partial charge in [-0.2, -0.15) is 0 Å². The van der Waals surface area contributed by atoms with Gasteiger partial charge >= 0.3 is 5.97 Å². The average molecular weight is 541 g/mol. The molecule has 3 fully saturated rings. The van der Waals surface area contributed by atoms with Crippen molar-refractivity contribution in [3.05, 3.63) is 71.8 Å². The van der Waals surface area contributed by atoms with Crippen LogP contribution in [0, 0.1) is 11.3 Å². The van der Waals surface area contributed by atoms with Crippen LogP contribution in [0.5, 0.6) is 0 Å². The third-order valence-corrected chi connectivity index (χ3v) is 9.21. The van der Waals surface area contributed by atoms with Crippen LogP contribution in [-0.2, 0) is 37.0 Å². The summed E-state index contributed by atoms with van der Waals surface area (Å²) in [5, 5.41) is 36.0. The van der Waals surface area contributed by atoms with E-state index in [0.717, 1.165) is 11.1 Å². The van der Waals surface area contributed by atoms with Gasteiger partial charge in [-0.25, -0.2) is 0 Å². The number of ether oxygens (including phenoxy) is 4. The quantitative estimate of drug-likeness (QED) is 0.438. The summed E-state index contributed by atoms with van der Waals surface area (Å²) in [6.45, 7) is 6.71. The van der Waals surface area contributed by atoms with E-state index in [1.807, 2.05) is 60.7 Å². The molecule has 5 rings (SSSR count). The van der Waals surface area contributed by atoms with Gasteiger partial charge in [0.15, 0.2) is 0 Å². The van der Waals surface area contributed by atoms with E-state index in [0.29, 0.717) is 6.42 Å². The number of esters is 1. The zero-order valence-corrected chi connectivity index (χ0v) is 23.1. The summed E-state index contributed by atoms with van der Waals surface area (Å²) in [4.78, 5) is 12.3. The Balaban J connectivity index is 1.66. The second-order valence-corrected chi connectivity index (χ2v) is 12.0. The first-order valence-electron chi connectivity index (χ1n) is 13.7. The molecule has 1 spiro atoms. The van der Waals surface area contributed by atoms with Gasteiger partial charge in [-0.05, 0) is 44.7 Å². The lowest BCUT2D eigenvalue weighted by Gasteiger charge is -2.66. The fraction of sp³-hybridized carbons (Fsp3) is 0.581.